The average Bonchev–Trinajstić information content (AvgIpc) is 2.40. The second kappa shape index (κ2) is 7.81. The van der Waals surface area contributed by atoms with E-state index in [4.69, 9.17) is 5.26 Å². The summed E-state index contributed by atoms with van der Waals surface area (Å²) in [5.74, 6) is -1.44. The molecule has 1 rings (SSSR count). The van der Waals surface area contributed by atoms with Gasteiger partial charge in [-0.05, 0) is 52.4 Å². The number of benzene rings is 1. The molecule has 1 aromatic rings. The molecular formula is C15H21F2N3. The minimum absolute atomic E-state index is 0.0101. The molecule has 0 aromatic heterocycles. The zero-order valence-corrected chi connectivity index (χ0v) is 12.2. The van der Waals surface area contributed by atoms with Crippen LogP contribution in [0.5, 0.6) is 0 Å². The van der Waals surface area contributed by atoms with Crippen molar-refractivity contribution < 1.29 is 8.78 Å². The first-order valence-corrected chi connectivity index (χ1v) is 6.79. The van der Waals surface area contributed by atoms with Crippen LogP contribution in [0.4, 0.5) is 14.5 Å². The Labute approximate surface area is 119 Å². The van der Waals surface area contributed by atoms with Crippen LogP contribution in [0, 0.1) is 23.0 Å². The molecule has 0 fully saturated rings. The first-order chi connectivity index (χ1) is 9.45. The summed E-state index contributed by atoms with van der Waals surface area (Å²) in [5, 5.41) is 11.4. The molecule has 0 radical (unpaired) electrons. The number of anilines is 1. The molecule has 1 aromatic carbocycles. The lowest BCUT2D eigenvalue weighted by molar-refractivity contribution is 0.269. The van der Waals surface area contributed by atoms with Crippen molar-refractivity contribution in [3.63, 3.8) is 0 Å². The maximum absolute atomic E-state index is 13.6. The molecule has 20 heavy (non-hydrogen) atoms. The molecule has 110 valence electrons. The Kier molecular flexibility index (Phi) is 6.40. The lowest BCUT2D eigenvalue weighted by Crippen LogP contribution is -2.27. The first-order valence-electron chi connectivity index (χ1n) is 6.79. The maximum atomic E-state index is 13.6. The molecule has 1 N–H and O–H groups in total. The molecular weight excluding hydrogens is 260 g/mol. The normalized spacial score (nSPS) is 10.9. The molecule has 0 aliphatic rings. The van der Waals surface area contributed by atoms with Crippen molar-refractivity contribution in [3.8, 4) is 6.07 Å². The van der Waals surface area contributed by atoms with E-state index in [9.17, 15) is 8.78 Å². The van der Waals surface area contributed by atoms with Gasteiger partial charge in [0, 0.05) is 12.6 Å². The minimum Gasteiger partial charge on any atom is -0.380 e. The lowest BCUT2D eigenvalue weighted by atomic mass is 10.2. The summed E-state index contributed by atoms with van der Waals surface area (Å²) in [6, 6.07) is 4.30. The van der Waals surface area contributed by atoms with Crippen molar-refractivity contribution in [3.05, 3.63) is 29.3 Å². The van der Waals surface area contributed by atoms with Crippen molar-refractivity contribution in [2.75, 3.05) is 25.5 Å². The monoisotopic (exact) mass is 281 g/mol. The molecule has 0 aliphatic carbocycles. The summed E-state index contributed by atoms with van der Waals surface area (Å²) in [5.41, 5.74) is -0.162. The van der Waals surface area contributed by atoms with E-state index in [1.165, 1.54) is 0 Å². The van der Waals surface area contributed by atoms with Crippen LogP contribution >= 0.6 is 0 Å². The van der Waals surface area contributed by atoms with Gasteiger partial charge in [0.05, 0.1) is 11.6 Å². The van der Waals surface area contributed by atoms with Gasteiger partial charge in [0.1, 0.15) is 5.69 Å². The molecule has 0 spiro atoms. The highest BCUT2D eigenvalue weighted by Gasteiger charge is 2.10. The summed E-state index contributed by atoms with van der Waals surface area (Å²) in [4.78, 5) is 2.23. The van der Waals surface area contributed by atoms with Gasteiger partial charge in [-0.15, -0.1) is 0 Å². The van der Waals surface area contributed by atoms with Crippen LogP contribution in [0.3, 0.4) is 0 Å². The summed E-state index contributed by atoms with van der Waals surface area (Å²) < 4.78 is 27.2. The van der Waals surface area contributed by atoms with E-state index >= 15 is 0 Å². The molecule has 0 bridgehead atoms. The standard InChI is InChI=1S/C15H21F2N3/c1-11(2)20(3)7-5-4-6-19-15-13(16)8-12(10-18)9-14(15)17/h8-9,11,19H,4-7H2,1-3H3. The molecule has 0 amide bonds. The highest BCUT2D eigenvalue weighted by molar-refractivity contribution is 5.50. The van der Waals surface area contributed by atoms with Gasteiger partial charge in [0.15, 0.2) is 11.6 Å². The molecule has 0 saturated heterocycles. The predicted octanol–water partition coefficient (Wildman–Crippen LogP) is 3.37. The number of unbranched alkanes of at least 4 members (excludes halogenated alkanes) is 1. The number of nitriles is 1. The molecule has 5 heteroatoms. The number of hydrogen-bond donors (Lipinski definition) is 1. The highest BCUT2D eigenvalue weighted by Crippen LogP contribution is 2.20. The largest absolute Gasteiger partial charge is 0.380 e. The van der Waals surface area contributed by atoms with Gasteiger partial charge >= 0.3 is 0 Å². The number of halogens is 2. The van der Waals surface area contributed by atoms with Crippen molar-refractivity contribution in [1.29, 1.82) is 5.26 Å². The number of nitrogens with one attached hydrogen (secondary N) is 1. The molecule has 0 saturated carbocycles. The van der Waals surface area contributed by atoms with Gasteiger partial charge in [0.25, 0.3) is 0 Å². The van der Waals surface area contributed by atoms with Crippen molar-refractivity contribution >= 4 is 5.69 Å². The molecule has 0 atom stereocenters. The summed E-state index contributed by atoms with van der Waals surface area (Å²) in [6.07, 6.45) is 1.79. The van der Waals surface area contributed by atoms with E-state index in [0.29, 0.717) is 12.6 Å². The minimum atomic E-state index is -0.721. The fourth-order valence-corrected chi connectivity index (χ4v) is 1.76. The van der Waals surface area contributed by atoms with Crippen LogP contribution in [0.1, 0.15) is 32.3 Å². The molecule has 0 aliphatic heterocycles. The second-order valence-electron chi connectivity index (χ2n) is 5.13. The second-order valence-corrected chi connectivity index (χ2v) is 5.13. The Morgan fingerprint density at radius 3 is 2.35 bits per heavy atom. The number of hydrogen-bond acceptors (Lipinski definition) is 3. The summed E-state index contributed by atoms with van der Waals surface area (Å²) in [6.45, 7) is 5.71. The van der Waals surface area contributed by atoms with Crippen LogP contribution in [0.15, 0.2) is 12.1 Å². The SMILES string of the molecule is CC(C)N(C)CCCCNc1c(F)cc(C#N)cc1F. The van der Waals surface area contributed by atoms with Crippen LogP contribution in [0.2, 0.25) is 0 Å². The first kappa shape index (κ1) is 16.4. The Bertz CT molecular complexity index is 457. The van der Waals surface area contributed by atoms with Crippen LogP contribution in [-0.2, 0) is 0 Å². The van der Waals surface area contributed by atoms with E-state index in [2.05, 4.69) is 31.1 Å². The zero-order chi connectivity index (χ0) is 15.1. The van der Waals surface area contributed by atoms with Crippen LogP contribution < -0.4 is 5.32 Å². The lowest BCUT2D eigenvalue weighted by Gasteiger charge is -2.20. The molecule has 0 heterocycles. The Morgan fingerprint density at radius 2 is 1.85 bits per heavy atom. The third-order valence-corrected chi connectivity index (χ3v) is 3.29. The van der Waals surface area contributed by atoms with Crippen molar-refractivity contribution in [2.45, 2.75) is 32.7 Å². The van der Waals surface area contributed by atoms with Gasteiger partial charge in [0.2, 0.25) is 0 Å². The van der Waals surface area contributed by atoms with E-state index in [1.807, 2.05) is 0 Å². The fraction of sp³-hybridized carbons (Fsp3) is 0.533. The summed E-state index contributed by atoms with van der Waals surface area (Å²) in [7, 11) is 2.05. The maximum Gasteiger partial charge on any atom is 0.150 e. The highest BCUT2D eigenvalue weighted by atomic mass is 19.1. The zero-order valence-electron chi connectivity index (χ0n) is 12.2. The number of nitrogens with zero attached hydrogens (tertiary/aromatic N) is 2. The Balaban J connectivity index is 2.42. The van der Waals surface area contributed by atoms with Crippen LogP contribution in [0.25, 0.3) is 0 Å². The Morgan fingerprint density at radius 1 is 1.25 bits per heavy atom. The smallest absolute Gasteiger partial charge is 0.150 e. The average molecular weight is 281 g/mol. The van der Waals surface area contributed by atoms with Crippen molar-refractivity contribution in [2.24, 2.45) is 0 Å². The van der Waals surface area contributed by atoms with E-state index in [1.54, 1.807) is 6.07 Å². The van der Waals surface area contributed by atoms with Gasteiger partial charge in [-0.1, -0.05) is 0 Å². The molecule has 3 nitrogen and oxygen atoms in total. The topological polar surface area (TPSA) is 39.1 Å². The third kappa shape index (κ3) is 4.78. The van der Waals surface area contributed by atoms with Gasteiger partial charge in [-0.25, -0.2) is 8.78 Å². The van der Waals surface area contributed by atoms with E-state index < -0.39 is 11.6 Å². The fourth-order valence-electron chi connectivity index (χ4n) is 1.76. The van der Waals surface area contributed by atoms with E-state index in [0.717, 1.165) is 31.5 Å². The van der Waals surface area contributed by atoms with Gasteiger partial charge < -0.3 is 10.2 Å². The van der Waals surface area contributed by atoms with Gasteiger partial charge in [-0.3, -0.25) is 0 Å². The predicted molar refractivity (Wildman–Crippen MR) is 76.6 cm³/mol. The van der Waals surface area contributed by atoms with Gasteiger partial charge in [-0.2, -0.15) is 5.26 Å². The van der Waals surface area contributed by atoms with Crippen LogP contribution in [-0.4, -0.2) is 31.1 Å². The summed E-state index contributed by atoms with van der Waals surface area (Å²) >= 11 is 0. The third-order valence-electron chi connectivity index (χ3n) is 3.29. The van der Waals surface area contributed by atoms with Crippen molar-refractivity contribution in [1.82, 2.24) is 4.90 Å². The molecule has 0 unspecified atom stereocenters. The number of rotatable bonds is 7. The Hall–Kier alpha value is -1.67. The van der Waals surface area contributed by atoms with E-state index in [-0.39, 0.29) is 11.3 Å². The quantitative estimate of drug-likeness (QED) is 0.779.